The minimum atomic E-state index is -1.97. The lowest BCUT2D eigenvalue weighted by molar-refractivity contribution is -0.385. The zero-order valence-electron chi connectivity index (χ0n) is 30.4. The Kier molecular flexibility index (Phi) is 9.03. The van der Waals surface area contributed by atoms with Crippen LogP contribution in [0.2, 0.25) is 19.6 Å². The summed E-state index contributed by atoms with van der Waals surface area (Å²) in [7, 11) is 1.37. The van der Waals surface area contributed by atoms with Crippen molar-refractivity contribution in [3.63, 3.8) is 0 Å². The zero-order chi connectivity index (χ0) is 34.6. The Morgan fingerprint density at radius 2 is 1.77 bits per heavy atom. The predicted octanol–water partition coefficient (Wildman–Crippen LogP) is 4.07. The van der Waals surface area contributed by atoms with Gasteiger partial charge in [-0.15, -0.1) is 0 Å². The molecule has 2 bridgehead atoms. The summed E-state index contributed by atoms with van der Waals surface area (Å²) in [6, 6.07) is 0. The van der Waals surface area contributed by atoms with Gasteiger partial charge in [0.2, 0.25) is 5.79 Å². The van der Waals surface area contributed by atoms with Gasteiger partial charge < -0.3 is 52.5 Å². The number of aliphatic hydroxyl groups excluding tert-OH is 2. The van der Waals surface area contributed by atoms with E-state index in [0.29, 0.717) is 13.2 Å². The monoisotopic (exact) mass is 694 g/mol. The number of rotatable bonds is 10. The Hall–Kier alpha value is -0.743. The van der Waals surface area contributed by atoms with E-state index in [0.717, 1.165) is 31.3 Å². The van der Waals surface area contributed by atoms with Crippen molar-refractivity contribution >= 4 is 8.32 Å². The van der Waals surface area contributed by atoms with Crippen LogP contribution in [0.4, 0.5) is 0 Å². The highest BCUT2D eigenvalue weighted by molar-refractivity contribution is 6.69. The number of methoxy groups -OCH3 is 2. The number of hydrogen-bond donors (Lipinski definition) is 2. The maximum absolute atomic E-state index is 12.5. The normalized spacial score (nSPS) is 51.0. The molecule has 11 nitrogen and oxygen atoms in total. The van der Waals surface area contributed by atoms with Crippen molar-refractivity contribution in [3.8, 4) is 0 Å². The topological polar surface area (TPSA) is 127 Å². The molecule has 5 unspecified atom stereocenters. The van der Waals surface area contributed by atoms with E-state index < -0.39 is 73.8 Å². The molecule has 4 heterocycles. The first-order chi connectivity index (χ1) is 22.5. The van der Waals surface area contributed by atoms with Crippen LogP contribution >= 0.6 is 0 Å². The summed E-state index contributed by atoms with van der Waals surface area (Å²) in [5, 5.41) is 24.4. The summed E-state index contributed by atoms with van der Waals surface area (Å²) < 4.78 is 56.9. The van der Waals surface area contributed by atoms with Crippen molar-refractivity contribution < 1.29 is 52.5 Å². The van der Waals surface area contributed by atoms with E-state index in [1.54, 1.807) is 14.2 Å². The molecule has 3 aliphatic carbocycles. The third-order valence-electron chi connectivity index (χ3n) is 12.2. The molecule has 4 aliphatic heterocycles. The van der Waals surface area contributed by atoms with Crippen LogP contribution in [-0.2, 0) is 42.3 Å². The number of hydrogen-bond acceptors (Lipinski definition) is 11. The van der Waals surface area contributed by atoms with E-state index in [9.17, 15) is 10.2 Å². The lowest BCUT2D eigenvalue weighted by atomic mass is 9.68. The van der Waals surface area contributed by atoms with Gasteiger partial charge in [-0.2, -0.15) is 0 Å². The Labute approximate surface area is 286 Å². The van der Waals surface area contributed by atoms with Crippen LogP contribution in [0.3, 0.4) is 0 Å². The highest BCUT2D eigenvalue weighted by Gasteiger charge is 2.77. The first-order valence-electron chi connectivity index (χ1n) is 18.0. The fraction of sp³-hybridized carbons (Fsp3) is 0.889. The molecule has 5 fully saturated rings. The summed E-state index contributed by atoms with van der Waals surface area (Å²) in [4.78, 5) is 0. The van der Waals surface area contributed by atoms with Gasteiger partial charge in [0.1, 0.15) is 41.7 Å². The quantitative estimate of drug-likeness (QED) is 0.195. The van der Waals surface area contributed by atoms with Crippen molar-refractivity contribution in [2.24, 2.45) is 23.2 Å². The third kappa shape index (κ3) is 5.47. The smallest absolute Gasteiger partial charge is 0.230 e. The van der Waals surface area contributed by atoms with E-state index in [1.807, 2.05) is 6.92 Å². The van der Waals surface area contributed by atoms with E-state index in [1.165, 1.54) is 11.1 Å². The van der Waals surface area contributed by atoms with Gasteiger partial charge in [-0.3, -0.25) is 0 Å². The minimum absolute atomic E-state index is 0.0822. The maximum Gasteiger partial charge on any atom is 0.230 e. The standard InChI is InChI=1S/C36H58O11Si/c1-19(2)21-11-13-33(4)15-23-22(12-14-35(23,18-40-7)47-48(8,9)10)20(3)27(37)29(26(21)33)43-31-28(38)30-36(25(42-31)16-39-6)45-32(44-30)34(5,46-36)24-17-41-24/h15,19-20,22,24-25,27-32,37-38H,11-14,16-18H2,1-10H3/b23-15+/t20-,22+,24+,25-,27-,28?,29-,30?,31-,32?,33-,34?,35+,36?/m1/s1. The largest absolute Gasteiger partial charge is 0.406 e. The second-order valence-electron chi connectivity index (χ2n) is 17.1. The Morgan fingerprint density at radius 1 is 1.04 bits per heavy atom. The SMILES string of the molecule is COC[C@H]1O[C@H](O[C@@H]2C3=C(C(C)C)CC[C@]3(C)/C=C3\[C@@H](CC[C@@]3(COC)O[Si](C)(C)C)[C@@H](C)[C@H]2O)C(O)C2OC3OC21OC3(C)[C@@H]1CO1. The molecule has 12 heteroatoms. The molecular weight excluding hydrogens is 636 g/mol. The van der Waals surface area contributed by atoms with Crippen LogP contribution in [-0.4, -0.2) is 119 Å². The molecule has 0 aromatic carbocycles. The molecule has 7 rings (SSSR count). The molecule has 48 heavy (non-hydrogen) atoms. The molecule has 2 N–H and O–H groups in total. The van der Waals surface area contributed by atoms with E-state index in [2.05, 4.69) is 53.4 Å². The molecule has 272 valence electrons. The summed E-state index contributed by atoms with van der Waals surface area (Å²) in [5.41, 5.74) is 1.86. The Bertz CT molecular complexity index is 1310. The number of aliphatic hydroxyl groups is 2. The molecule has 1 saturated carbocycles. The van der Waals surface area contributed by atoms with Crippen molar-refractivity contribution in [1.29, 1.82) is 0 Å². The second-order valence-corrected chi connectivity index (χ2v) is 21.5. The number of epoxide rings is 1. The maximum atomic E-state index is 12.5. The van der Waals surface area contributed by atoms with Crippen molar-refractivity contribution in [2.45, 2.75) is 146 Å². The molecule has 14 atom stereocenters. The van der Waals surface area contributed by atoms with Crippen LogP contribution in [0.15, 0.2) is 22.8 Å². The molecular formula is C36H58O11Si. The van der Waals surface area contributed by atoms with Gasteiger partial charge in [0, 0.05) is 19.6 Å². The average Bonchev–Trinajstić information content (AvgIpc) is 3.50. The molecule has 0 aromatic heterocycles. The second kappa shape index (κ2) is 12.2. The van der Waals surface area contributed by atoms with E-state index >= 15 is 0 Å². The van der Waals surface area contributed by atoms with Gasteiger partial charge in [-0.25, -0.2) is 0 Å². The van der Waals surface area contributed by atoms with Crippen LogP contribution in [0.1, 0.15) is 60.3 Å². The van der Waals surface area contributed by atoms with Crippen LogP contribution in [0, 0.1) is 23.2 Å². The fourth-order valence-electron chi connectivity index (χ4n) is 9.89. The van der Waals surface area contributed by atoms with Gasteiger partial charge in [0.15, 0.2) is 20.9 Å². The number of allylic oxidation sites excluding steroid dienone is 2. The summed E-state index contributed by atoms with van der Waals surface area (Å²) in [6.45, 7) is 18.6. The van der Waals surface area contributed by atoms with Crippen molar-refractivity contribution in [2.75, 3.05) is 34.0 Å². The summed E-state index contributed by atoms with van der Waals surface area (Å²) in [6.07, 6.45) is -0.513. The molecule has 1 spiro atoms. The van der Waals surface area contributed by atoms with Gasteiger partial charge in [-0.05, 0) is 81.1 Å². The Morgan fingerprint density at radius 3 is 2.40 bits per heavy atom. The first kappa shape index (κ1) is 35.7. The minimum Gasteiger partial charge on any atom is -0.406 e. The summed E-state index contributed by atoms with van der Waals surface area (Å²) in [5.74, 6) is -1.21. The molecule has 0 aromatic rings. The van der Waals surface area contributed by atoms with Crippen LogP contribution < -0.4 is 0 Å². The lowest BCUT2D eigenvalue weighted by Crippen LogP contribution is -2.70. The fourth-order valence-corrected chi connectivity index (χ4v) is 11.3. The molecule has 0 amide bonds. The van der Waals surface area contributed by atoms with Gasteiger partial charge in [-0.1, -0.05) is 39.3 Å². The van der Waals surface area contributed by atoms with Gasteiger partial charge in [0.05, 0.1) is 25.9 Å². The predicted molar refractivity (Wildman–Crippen MR) is 177 cm³/mol. The van der Waals surface area contributed by atoms with Gasteiger partial charge in [0.25, 0.3) is 0 Å². The van der Waals surface area contributed by atoms with E-state index in [-0.39, 0.29) is 30.5 Å². The van der Waals surface area contributed by atoms with E-state index in [4.69, 9.17) is 42.3 Å². The lowest BCUT2D eigenvalue weighted by Gasteiger charge is -2.50. The first-order valence-corrected chi connectivity index (χ1v) is 21.4. The molecule has 7 aliphatic rings. The average molecular weight is 695 g/mol. The molecule has 4 saturated heterocycles. The zero-order valence-corrected chi connectivity index (χ0v) is 31.4. The number of ether oxygens (including phenoxy) is 8. The number of fused-ring (bicyclic) bond motifs is 3. The van der Waals surface area contributed by atoms with Crippen molar-refractivity contribution in [3.05, 3.63) is 22.8 Å². The summed E-state index contributed by atoms with van der Waals surface area (Å²) >= 11 is 0. The van der Waals surface area contributed by atoms with Crippen LogP contribution in [0.25, 0.3) is 0 Å². The van der Waals surface area contributed by atoms with Gasteiger partial charge >= 0.3 is 0 Å². The van der Waals surface area contributed by atoms with Crippen molar-refractivity contribution in [1.82, 2.24) is 0 Å². The highest BCUT2D eigenvalue weighted by Crippen LogP contribution is 2.59. The molecule has 0 radical (unpaired) electrons. The third-order valence-corrected chi connectivity index (χ3v) is 13.2. The van der Waals surface area contributed by atoms with Crippen LogP contribution in [0.5, 0.6) is 0 Å². The Balaban J connectivity index is 1.26. The highest BCUT2D eigenvalue weighted by atomic mass is 28.4.